The van der Waals surface area contributed by atoms with Gasteiger partial charge in [0.2, 0.25) is 0 Å². The van der Waals surface area contributed by atoms with Crippen LogP contribution in [0.5, 0.6) is 0 Å². The van der Waals surface area contributed by atoms with Crippen molar-refractivity contribution < 1.29 is 60.3 Å². The van der Waals surface area contributed by atoms with E-state index in [0.29, 0.717) is 12.2 Å². The van der Waals surface area contributed by atoms with E-state index < -0.39 is 24.5 Å². The molecule has 0 aliphatic heterocycles. The van der Waals surface area contributed by atoms with E-state index in [2.05, 4.69) is 4.74 Å². The molecule has 0 spiro atoms. The van der Waals surface area contributed by atoms with Gasteiger partial charge in [-0.25, -0.2) is 14.4 Å². The summed E-state index contributed by atoms with van der Waals surface area (Å²) < 4.78 is 4.07. The SMILES string of the molecule is O=C(O)/C=C\C(=O)OCC(=O)O.[H-].[Na+]. The Bertz CT molecular complexity index is 238. The molecule has 13 heavy (non-hydrogen) atoms. The molecule has 0 radical (unpaired) electrons. The van der Waals surface area contributed by atoms with Gasteiger partial charge in [-0.15, -0.1) is 0 Å². The van der Waals surface area contributed by atoms with Crippen molar-refractivity contribution in [1.82, 2.24) is 0 Å². The second kappa shape index (κ2) is 7.78. The first kappa shape index (κ1) is 14.7. The van der Waals surface area contributed by atoms with E-state index in [1.165, 1.54) is 0 Å². The molecule has 0 amide bonds. The van der Waals surface area contributed by atoms with Crippen LogP contribution in [-0.2, 0) is 19.1 Å². The fourth-order valence-electron chi connectivity index (χ4n) is 0.320. The largest absolute Gasteiger partial charge is 1.00 e. The summed E-state index contributed by atoms with van der Waals surface area (Å²) in [7, 11) is 0. The molecule has 7 heteroatoms. The van der Waals surface area contributed by atoms with E-state index >= 15 is 0 Å². The van der Waals surface area contributed by atoms with E-state index in [1.54, 1.807) is 0 Å². The van der Waals surface area contributed by atoms with Crippen molar-refractivity contribution in [1.29, 1.82) is 0 Å². The normalized spacial score (nSPS) is 8.92. The minimum Gasteiger partial charge on any atom is -1.00 e. The topological polar surface area (TPSA) is 101 Å². The maximum Gasteiger partial charge on any atom is 1.00 e. The van der Waals surface area contributed by atoms with Crippen molar-refractivity contribution in [2.24, 2.45) is 0 Å². The minimum absolute atomic E-state index is 0. The first-order valence-electron chi connectivity index (χ1n) is 2.82. The van der Waals surface area contributed by atoms with E-state index in [-0.39, 0.29) is 31.0 Å². The van der Waals surface area contributed by atoms with Crippen molar-refractivity contribution in [2.45, 2.75) is 0 Å². The van der Waals surface area contributed by atoms with Crippen LogP contribution in [0.1, 0.15) is 1.43 Å². The molecule has 0 aliphatic carbocycles. The molecule has 0 aromatic carbocycles. The predicted octanol–water partition coefficient (Wildman–Crippen LogP) is -3.63. The van der Waals surface area contributed by atoms with Gasteiger partial charge in [0.15, 0.2) is 6.61 Å². The van der Waals surface area contributed by atoms with E-state index in [0.717, 1.165) is 0 Å². The van der Waals surface area contributed by atoms with Crippen LogP contribution in [0.25, 0.3) is 0 Å². The summed E-state index contributed by atoms with van der Waals surface area (Å²) in [6, 6.07) is 0. The third-order valence-corrected chi connectivity index (χ3v) is 0.700. The van der Waals surface area contributed by atoms with Crippen molar-refractivity contribution >= 4 is 17.9 Å². The van der Waals surface area contributed by atoms with E-state index in [9.17, 15) is 14.4 Å². The van der Waals surface area contributed by atoms with Gasteiger partial charge < -0.3 is 16.4 Å². The molecule has 0 saturated heterocycles. The third kappa shape index (κ3) is 11.1. The number of rotatable bonds is 4. The van der Waals surface area contributed by atoms with Crippen LogP contribution in [0.2, 0.25) is 0 Å². The maximum atomic E-state index is 10.4. The van der Waals surface area contributed by atoms with Crippen LogP contribution in [0.3, 0.4) is 0 Å². The number of carboxylic acids is 2. The standard InChI is InChI=1S/C6H6O6.Na.H/c7-4(8)1-2-6(11)12-3-5(9)10;;/h1-2H,3H2,(H,7,8)(H,9,10);;/q;+1;-1/b2-1-;;. The maximum absolute atomic E-state index is 10.4. The van der Waals surface area contributed by atoms with Crippen molar-refractivity contribution in [3.63, 3.8) is 0 Å². The average Bonchev–Trinajstić information content (AvgIpc) is 1.96. The molecule has 0 bridgehead atoms. The average molecular weight is 198 g/mol. The third-order valence-electron chi connectivity index (χ3n) is 0.700. The van der Waals surface area contributed by atoms with Crippen LogP contribution in [-0.4, -0.2) is 34.7 Å². The zero-order valence-electron chi connectivity index (χ0n) is 7.89. The molecule has 0 saturated carbocycles. The zero-order chi connectivity index (χ0) is 9.56. The summed E-state index contributed by atoms with van der Waals surface area (Å²) in [5.74, 6) is -3.60. The summed E-state index contributed by atoms with van der Waals surface area (Å²) in [6.07, 6.45) is 1.19. The molecule has 0 aromatic rings. The number of hydrogen-bond donors (Lipinski definition) is 2. The number of ether oxygens (including phenoxy) is 1. The number of aliphatic carboxylic acids is 2. The summed E-state index contributed by atoms with van der Waals surface area (Å²) in [4.78, 5) is 30.1. The van der Waals surface area contributed by atoms with Crippen molar-refractivity contribution in [2.75, 3.05) is 6.61 Å². The number of carbonyl (C=O) groups is 3. The summed E-state index contributed by atoms with van der Waals surface area (Å²) in [6.45, 7) is -0.775. The molecule has 0 aliphatic rings. The van der Waals surface area contributed by atoms with Gasteiger partial charge in [-0.05, 0) is 0 Å². The Morgan fingerprint density at radius 1 is 1.23 bits per heavy atom. The molecule has 6 nitrogen and oxygen atoms in total. The molecule has 0 unspecified atom stereocenters. The number of carboxylic acid groups (broad SMARTS) is 2. The van der Waals surface area contributed by atoms with Gasteiger partial charge >= 0.3 is 47.5 Å². The van der Waals surface area contributed by atoms with Gasteiger partial charge in [-0.3, -0.25) is 0 Å². The molecule has 0 rings (SSSR count). The Morgan fingerprint density at radius 3 is 2.15 bits per heavy atom. The van der Waals surface area contributed by atoms with Gasteiger partial charge in [0.05, 0.1) is 0 Å². The Kier molecular flexibility index (Phi) is 8.78. The monoisotopic (exact) mass is 198 g/mol. The van der Waals surface area contributed by atoms with Crippen LogP contribution >= 0.6 is 0 Å². The fraction of sp³-hybridized carbons (Fsp3) is 0.167. The second-order valence-electron chi connectivity index (χ2n) is 1.67. The molecular formula is C6H7NaO6. The van der Waals surface area contributed by atoms with Crippen LogP contribution in [0.4, 0.5) is 0 Å². The Hall–Kier alpha value is -0.850. The van der Waals surface area contributed by atoms with Gasteiger partial charge in [0.25, 0.3) is 0 Å². The molecule has 0 aromatic heterocycles. The number of hydrogen-bond acceptors (Lipinski definition) is 4. The molecule has 2 N–H and O–H groups in total. The summed E-state index contributed by atoms with van der Waals surface area (Å²) in [5, 5.41) is 16.1. The second-order valence-corrected chi connectivity index (χ2v) is 1.67. The number of esters is 1. The Labute approximate surface area is 97.0 Å². The summed E-state index contributed by atoms with van der Waals surface area (Å²) in [5.41, 5.74) is 0. The summed E-state index contributed by atoms with van der Waals surface area (Å²) >= 11 is 0. The predicted molar refractivity (Wildman–Crippen MR) is 36.5 cm³/mol. The Morgan fingerprint density at radius 2 is 1.77 bits per heavy atom. The molecule has 68 valence electrons. The minimum atomic E-state index is -1.30. The van der Waals surface area contributed by atoms with Crippen LogP contribution in [0.15, 0.2) is 12.2 Å². The van der Waals surface area contributed by atoms with E-state index in [4.69, 9.17) is 10.2 Å². The Balaban J connectivity index is -0.000000605. The zero-order valence-corrected chi connectivity index (χ0v) is 8.89. The molecule has 0 atom stereocenters. The van der Waals surface area contributed by atoms with Crippen LogP contribution < -0.4 is 29.6 Å². The molecular weight excluding hydrogens is 191 g/mol. The first-order chi connectivity index (χ1) is 5.52. The quantitative estimate of drug-likeness (QED) is 0.274. The van der Waals surface area contributed by atoms with Crippen LogP contribution in [0, 0.1) is 0 Å². The van der Waals surface area contributed by atoms with Gasteiger partial charge in [-0.2, -0.15) is 0 Å². The van der Waals surface area contributed by atoms with E-state index in [1.807, 2.05) is 0 Å². The first-order valence-corrected chi connectivity index (χ1v) is 2.82. The number of carbonyl (C=O) groups excluding carboxylic acids is 1. The van der Waals surface area contributed by atoms with Crippen molar-refractivity contribution in [3.05, 3.63) is 12.2 Å². The van der Waals surface area contributed by atoms with Gasteiger partial charge in [0, 0.05) is 12.2 Å². The van der Waals surface area contributed by atoms with Gasteiger partial charge in [-0.1, -0.05) is 0 Å². The fourth-order valence-corrected chi connectivity index (χ4v) is 0.320. The van der Waals surface area contributed by atoms with Gasteiger partial charge in [0.1, 0.15) is 0 Å². The smallest absolute Gasteiger partial charge is 1.00 e. The molecule has 0 heterocycles. The molecule has 0 fully saturated rings. The van der Waals surface area contributed by atoms with Crippen molar-refractivity contribution in [3.8, 4) is 0 Å².